The van der Waals surface area contributed by atoms with Gasteiger partial charge in [-0.05, 0) is 37.1 Å². The van der Waals surface area contributed by atoms with E-state index in [2.05, 4.69) is 15.3 Å². The van der Waals surface area contributed by atoms with Crippen LogP contribution in [0.25, 0.3) is 11.0 Å². The first kappa shape index (κ1) is 35.5. The highest BCUT2D eigenvalue weighted by atomic mass is 35.5. The van der Waals surface area contributed by atoms with E-state index in [1.807, 2.05) is 64.6 Å². The number of nitrogen functional groups attached to an aromatic ring is 2. The number of carboxylic acids is 1. The minimum atomic E-state index is -5.19. The van der Waals surface area contributed by atoms with Crippen molar-refractivity contribution >= 4 is 52.1 Å². The molecule has 0 bridgehead atoms. The zero-order valence-electron chi connectivity index (χ0n) is 24.7. The second kappa shape index (κ2) is 15.4. The maximum atomic E-state index is 12.9. The molecule has 46 heavy (non-hydrogen) atoms. The SMILES string of the molecule is CCn1c(CNC(=O)c2nc(Cl)c(N)nc2N)[n+](C[C@H](C)O)c2ccc(CC(=O)OCc3ccccc3)cc21.O=C([O-])C(F)(F)F. The molecule has 246 valence electrons. The number of carboxylic acid groups (broad SMARTS) is 1. The number of carbonyl (C=O) groups is 3. The van der Waals surface area contributed by atoms with Gasteiger partial charge in [0.05, 0.1) is 19.1 Å². The largest absolute Gasteiger partial charge is 0.542 e. The van der Waals surface area contributed by atoms with Crippen LogP contribution in [0.5, 0.6) is 0 Å². The molecular formula is C29H31ClF3N7O6. The normalized spacial score (nSPS) is 11.8. The number of hydrogen-bond donors (Lipinski definition) is 4. The van der Waals surface area contributed by atoms with Crippen molar-refractivity contribution in [1.29, 1.82) is 0 Å². The predicted octanol–water partition coefficient (Wildman–Crippen LogP) is 1.45. The number of nitrogens with zero attached hydrogens (tertiary/aromatic N) is 4. The van der Waals surface area contributed by atoms with E-state index < -0.39 is 24.2 Å². The molecule has 2 aromatic carbocycles. The number of rotatable bonds is 10. The van der Waals surface area contributed by atoms with E-state index in [1.54, 1.807) is 6.92 Å². The zero-order chi connectivity index (χ0) is 34.2. The Kier molecular flexibility index (Phi) is 11.9. The van der Waals surface area contributed by atoms with Crippen molar-refractivity contribution < 1.29 is 47.1 Å². The van der Waals surface area contributed by atoms with Gasteiger partial charge in [-0.15, -0.1) is 0 Å². The van der Waals surface area contributed by atoms with Gasteiger partial charge in [0, 0.05) is 0 Å². The molecule has 0 saturated carbocycles. The number of aliphatic hydroxyl groups is 1. The second-order valence-electron chi connectivity index (χ2n) is 9.87. The van der Waals surface area contributed by atoms with Gasteiger partial charge in [-0.1, -0.05) is 48.0 Å². The van der Waals surface area contributed by atoms with E-state index in [4.69, 9.17) is 37.7 Å². The summed E-state index contributed by atoms with van der Waals surface area (Å²) in [4.78, 5) is 42.0. The Morgan fingerprint density at radius 3 is 2.35 bits per heavy atom. The van der Waals surface area contributed by atoms with Crippen LogP contribution in [0.4, 0.5) is 24.8 Å². The number of aryl methyl sites for hydroxylation is 1. The van der Waals surface area contributed by atoms with Gasteiger partial charge in [-0.25, -0.2) is 19.1 Å². The summed E-state index contributed by atoms with van der Waals surface area (Å²) in [5.41, 5.74) is 14.7. The highest BCUT2D eigenvalue weighted by Gasteiger charge is 2.29. The van der Waals surface area contributed by atoms with Crippen LogP contribution in [-0.2, 0) is 47.0 Å². The Hall–Kier alpha value is -4.96. The van der Waals surface area contributed by atoms with Gasteiger partial charge in [0.15, 0.2) is 33.5 Å². The molecule has 17 heteroatoms. The molecule has 0 aliphatic heterocycles. The summed E-state index contributed by atoms with van der Waals surface area (Å²) in [6.07, 6.45) is -5.74. The fraction of sp³-hybridized carbons (Fsp3) is 0.310. The number of ether oxygens (including phenoxy) is 1. The monoisotopic (exact) mass is 665 g/mol. The number of anilines is 2. The van der Waals surface area contributed by atoms with Crippen molar-refractivity contribution in [3.8, 4) is 0 Å². The van der Waals surface area contributed by atoms with E-state index in [9.17, 15) is 27.9 Å². The first-order valence-corrected chi connectivity index (χ1v) is 14.1. The number of nitrogens with two attached hydrogens (primary N) is 2. The molecular weight excluding hydrogens is 635 g/mol. The quantitative estimate of drug-likeness (QED) is 0.142. The van der Waals surface area contributed by atoms with Crippen LogP contribution >= 0.6 is 11.6 Å². The lowest BCUT2D eigenvalue weighted by Crippen LogP contribution is -2.44. The molecule has 1 atom stereocenters. The molecule has 0 aliphatic rings. The van der Waals surface area contributed by atoms with Gasteiger partial charge in [0.25, 0.3) is 11.7 Å². The number of alkyl halides is 3. The van der Waals surface area contributed by atoms with E-state index in [-0.39, 0.29) is 48.0 Å². The van der Waals surface area contributed by atoms with Crippen LogP contribution in [0, 0.1) is 0 Å². The number of amides is 1. The topological polar surface area (TPSA) is 202 Å². The summed E-state index contributed by atoms with van der Waals surface area (Å²) in [5, 5.41) is 21.7. The zero-order valence-corrected chi connectivity index (χ0v) is 25.4. The van der Waals surface area contributed by atoms with Crippen LogP contribution in [0.1, 0.15) is 41.3 Å². The van der Waals surface area contributed by atoms with E-state index >= 15 is 0 Å². The second-order valence-corrected chi connectivity index (χ2v) is 10.2. The Morgan fingerprint density at radius 2 is 1.76 bits per heavy atom. The minimum absolute atomic E-state index is 0.0636. The van der Waals surface area contributed by atoms with Crippen molar-refractivity contribution in [1.82, 2.24) is 19.9 Å². The number of benzene rings is 2. The van der Waals surface area contributed by atoms with Gasteiger partial charge in [-0.3, -0.25) is 9.59 Å². The van der Waals surface area contributed by atoms with E-state index in [0.29, 0.717) is 13.1 Å². The molecule has 0 radical (unpaired) electrons. The van der Waals surface area contributed by atoms with Crippen LogP contribution in [0.3, 0.4) is 0 Å². The van der Waals surface area contributed by atoms with Crippen molar-refractivity contribution in [3.63, 3.8) is 0 Å². The third kappa shape index (κ3) is 9.28. The fourth-order valence-electron chi connectivity index (χ4n) is 4.37. The van der Waals surface area contributed by atoms with Gasteiger partial charge in [-0.2, -0.15) is 13.2 Å². The number of esters is 1. The van der Waals surface area contributed by atoms with Crippen molar-refractivity contribution in [2.45, 2.75) is 58.8 Å². The number of halogens is 4. The number of aliphatic hydroxyl groups excluding tert-OH is 1. The highest BCUT2D eigenvalue weighted by molar-refractivity contribution is 6.31. The maximum Gasteiger partial charge on any atom is 0.430 e. The molecule has 6 N–H and O–H groups in total. The smallest absolute Gasteiger partial charge is 0.430 e. The van der Waals surface area contributed by atoms with Crippen LogP contribution < -0.4 is 26.5 Å². The molecule has 1 amide bonds. The summed E-state index contributed by atoms with van der Waals surface area (Å²) in [5.74, 6) is -3.37. The standard InChI is InChI=1S/C27H30ClN7O4.C2HF3O2/c1-3-34-20-11-18(12-22(37)39-15-17-7-5-4-6-8-17)9-10-19(20)35(14-16(2)36)21(34)13-31-27(38)23-25(29)33-26(30)24(28)32-23;3-2(4,5)1(6)7/h4-11,16,36H,3,12-15H2,1-2H3,(H4-,29,30,31,33,38);(H,6,7)/t16-;/m0./s1. The Labute approximate surface area is 265 Å². The number of hydrogen-bond acceptors (Lipinski definition) is 10. The lowest BCUT2D eigenvalue weighted by molar-refractivity contribution is -0.686. The van der Waals surface area contributed by atoms with Crippen molar-refractivity contribution in [2.75, 3.05) is 11.5 Å². The number of imidazole rings is 1. The number of nitrogens with one attached hydrogen (secondary N) is 1. The van der Waals surface area contributed by atoms with Crippen molar-refractivity contribution in [2.24, 2.45) is 0 Å². The van der Waals surface area contributed by atoms with Crippen LogP contribution in [0.15, 0.2) is 48.5 Å². The average molecular weight is 666 g/mol. The van der Waals surface area contributed by atoms with Gasteiger partial charge in [0.1, 0.15) is 25.7 Å². The van der Waals surface area contributed by atoms with Crippen LogP contribution in [0.2, 0.25) is 5.15 Å². The first-order valence-electron chi connectivity index (χ1n) is 13.7. The maximum absolute atomic E-state index is 12.9. The summed E-state index contributed by atoms with van der Waals surface area (Å²) < 4.78 is 40.9. The highest BCUT2D eigenvalue weighted by Crippen LogP contribution is 2.20. The Morgan fingerprint density at radius 1 is 1.11 bits per heavy atom. The third-order valence-electron chi connectivity index (χ3n) is 6.36. The van der Waals surface area contributed by atoms with Gasteiger partial charge in [0.2, 0.25) is 0 Å². The number of fused-ring (bicyclic) bond motifs is 1. The Bertz CT molecular complexity index is 1720. The summed E-state index contributed by atoms with van der Waals surface area (Å²) >= 11 is 5.93. The van der Waals surface area contributed by atoms with Crippen LogP contribution in [-0.4, -0.2) is 49.8 Å². The Balaban J connectivity index is 0.000000738. The first-order chi connectivity index (χ1) is 21.6. The van der Waals surface area contributed by atoms with Crippen molar-refractivity contribution in [3.05, 3.63) is 76.3 Å². The molecule has 13 nitrogen and oxygen atoms in total. The summed E-state index contributed by atoms with van der Waals surface area (Å²) in [7, 11) is 0. The summed E-state index contributed by atoms with van der Waals surface area (Å²) in [6.45, 7) is 4.84. The molecule has 0 unspecified atom stereocenters. The predicted molar refractivity (Wildman–Crippen MR) is 158 cm³/mol. The van der Waals surface area contributed by atoms with Gasteiger partial charge < -0.3 is 36.5 Å². The molecule has 4 rings (SSSR count). The number of carbonyl (C=O) groups excluding carboxylic acids is 3. The molecule has 2 aromatic heterocycles. The summed E-state index contributed by atoms with van der Waals surface area (Å²) in [6, 6.07) is 15.2. The molecule has 4 aromatic rings. The van der Waals surface area contributed by atoms with E-state index in [0.717, 1.165) is 28.0 Å². The third-order valence-corrected chi connectivity index (χ3v) is 6.64. The molecule has 2 heterocycles. The molecule has 0 spiro atoms. The average Bonchev–Trinajstić information content (AvgIpc) is 3.27. The lowest BCUT2D eigenvalue weighted by atomic mass is 10.1. The fourth-order valence-corrected chi connectivity index (χ4v) is 4.49. The lowest BCUT2D eigenvalue weighted by Gasteiger charge is -2.09. The molecule has 0 saturated heterocycles. The molecule has 0 fully saturated rings. The number of aromatic nitrogens is 4. The number of aliphatic carboxylic acids is 1. The van der Waals surface area contributed by atoms with Gasteiger partial charge >= 0.3 is 12.1 Å². The minimum Gasteiger partial charge on any atom is -0.542 e. The van der Waals surface area contributed by atoms with E-state index in [1.165, 1.54) is 0 Å². The molecule has 0 aliphatic carbocycles.